The third kappa shape index (κ3) is 4.80. The molecule has 1 heterocycles. The van der Waals surface area contributed by atoms with E-state index >= 15 is 0 Å². The summed E-state index contributed by atoms with van der Waals surface area (Å²) in [5, 5.41) is 3.37. The van der Waals surface area contributed by atoms with Crippen molar-refractivity contribution < 1.29 is 28.5 Å². The van der Waals surface area contributed by atoms with E-state index < -0.39 is 5.92 Å². The van der Waals surface area contributed by atoms with Gasteiger partial charge in [-0.1, -0.05) is 11.6 Å². The molecule has 0 radical (unpaired) electrons. The zero-order valence-electron chi connectivity index (χ0n) is 17.9. The molecule has 9 heteroatoms. The molecule has 0 aromatic heterocycles. The normalized spacial score (nSPS) is 15.6. The lowest BCUT2D eigenvalue weighted by atomic mass is 10.1. The molecule has 1 aliphatic heterocycles. The molecule has 31 heavy (non-hydrogen) atoms. The largest absolute Gasteiger partial charge is 0.495 e. The van der Waals surface area contributed by atoms with Gasteiger partial charge in [0, 0.05) is 24.5 Å². The van der Waals surface area contributed by atoms with Crippen molar-refractivity contribution in [2.75, 3.05) is 39.9 Å². The van der Waals surface area contributed by atoms with Crippen molar-refractivity contribution in [3.63, 3.8) is 0 Å². The van der Waals surface area contributed by atoms with Gasteiger partial charge in [-0.15, -0.1) is 0 Å². The van der Waals surface area contributed by atoms with E-state index in [0.717, 1.165) is 5.56 Å². The van der Waals surface area contributed by atoms with Crippen LogP contribution in [0.5, 0.6) is 23.0 Å². The van der Waals surface area contributed by atoms with Gasteiger partial charge >= 0.3 is 0 Å². The minimum atomic E-state index is -0.488. The first-order chi connectivity index (χ1) is 14.9. The van der Waals surface area contributed by atoms with Crippen molar-refractivity contribution in [1.29, 1.82) is 0 Å². The summed E-state index contributed by atoms with van der Waals surface area (Å²) in [4.78, 5) is 26.9. The van der Waals surface area contributed by atoms with Gasteiger partial charge in [0.05, 0.1) is 40.0 Å². The van der Waals surface area contributed by atoms with E-state index in [1.165, 1.54) is 33.3 Å². The third-order valence-corrected chi connectivity index (χ3v) is 5.35. The first kappa shape index (κ1) is 22.6. The summed E-state index contributed by atoms with van der Waals surface area (Å²) >= 11 is 6.09. The third-order valence-electron chi connectivity index (χ3n) is 5.12. The lowest BCUT2D eigenvalue weighted by Crippen LogP contribution is -2.32. The topological polar surface area (TPSA) is 86.3 Å². The number of rotatable bonds is 8. The lowest BCUT2D eigenvalue weighted by molar-refractivity contribution is -0.126. The first-order valence-corrected chi connectivity index (χ1v) is 10.00. The van der Waals surface area contributed by atoms with Crippen LogP contribution in [-0.2, 0) is 16.1 Å². The second-order valence-corrected chi connectivity index (χ2v) is 7.41. The number of halogens is 1. The van der Waals surface area contributed by atoms with Crippen molar-refractivity contribution in [2.24, 2.45) is 5.92 Å². The molecule has 2 aromatic rings. The number of hydrogen-bond acceptors (Lipinski definition) is 6. The molecule has 1 atom stereocenters. The molecule has 1 saturated heterocycles. The molecule has 1 fully saturated rings. The smallest absolute Gasteiger partial charge is 0.227 e. The number of hydrogen-bond donors (Lipinski definition) is 1. The predicted octanol–water partition coefficient (Wildman–Crippen LogP) is 3.04. The maximum atomic E-state index is 12.8. The molecular weight excluding hydrogens is 424 g/mol. The summed E-state index contributed by atoms with van der Waals surface area (Å²) in [6.45, 7) is 0.497. The summed E-state index contributed by atoms with van der Waals surface area (Å²) in [7, 11) is 6.11. The Kier molecular flexibility index (Phi) is 7.12. The molecule has 1 aliphatic rings. The molecule has 2 amide bonds. The van der Waals surface area contributed by atoms with Crippen molar-refractivity contribution in [3.05, 3.63) is 40.9 Å². The fourth-order valence-corrected chi connectivity index (χ4v) is 3.73. The van der Waals surface area contributed by atoms with Crippen LogP contribution in [0.25, 0.3) is 0 Å². The number of methoxy groups -OCH3 is 4. The molecule has 0 aliphatic carbocycles. The van der Waals surface area contributed by atoms with Crippen LogP contribution in [0.2, 0.25) is 5.02 Å². The Labute approximate surface area is 186 Å². The number of carbonyl (C=O) groups excluding carboxylic acids is 2. The number of nitrogens with one attached hydrogen (secondary N) is 1. The second kappa shape index (κ2) is 9.78. The Hall–Kier alpha value is -3.13. The number of ether oxygens (including phenoxy) is 4. The van der Waals surface area contributed by atoms with E-state index in [-0.39, 0.29) is 31.3 Å². The van der Waals surface area contributed by atoms with Crippen LogP contribution in [0.3, 0.4) is 0 Å². The van der Waals surface area contributed by atoms with Gasteiger partial charge in [-0.05, 0) is 35.9 Å². The summed E-state index contributed by atoms with van der Waals surface area (Å²) in [6, 6.07) is 8.58. The fourth-order valence-electron chi connectivity index (χ4n) is 3.56. The van der Waals surface area contributed by atoms with Gasteiger partial charge in [0.2, 0.25) is 17.6 Å². The van der Waals surface area contributed by atoms with Crippen molar-refractivity contribution in [3.8, 4) is 23.0 Å². The van der Waals surface area contributed by atoms with E-state index in [0.29, 0.717) is 33.7 Å². The summed E-state index contributed by atoms with van der Waals surface area (Å²) in [5.74, 6) is 1.14. The number of amides is 2. The zero-order valence-corrected chi connectivity index (χ0v) is 18.6. The van der Waals surface area contributed by atoms with E-state index in [9.17, 15) is 9.59 Å². The molecule has 166 valence electrons. The van der Waals surface area contributed by atoms with Crippen LogP contribution in [0, 0.1) is 5.92 Å². The number of nitrogens with zero attached hydrogens (tertiary/aromatic N) is 1. The maximum absolute atomic E-state index is 12.8. The van der Waals surface area contributed by atoms with Crippen LogP contribution in [0.15, 0.2) is 30.3 Å². The van der Waals surface area contributed by atoms with Crippen molar-refractivity contribution >= 4 is 29.1 Å². The molecule has 2 aromatic carbocycles. The summed E-state index contributed by atoms with van der Waals surface area (Å²) in [5.41, 5.74) is 1.33. The number of carbonyl (C=O) groups is 2. The highest BCUT2D eigenvalue weighted by atomic mass is 35.5. The Morgan fingerprint density at radius 3 is 2.26 bits per heavy atom. The van der Waals surface area contributed by atoms with Gasteiger partial charge in [0.15, 0.2) is 11.5 Å². The average Bonchev–Trinajstić information content (AvgIpc) is 3.17. The van der Waals surface area contributed by atoms with Gasteiger partial charge in [0.25, 0.3) is 0 Å². The standard InChI is InChI=1S/C22H25ClN2O6/c1-28-17-6-5-15(23)10-16(17)25-12-14(9-20(25)26)22(27)24-11-13-7-18(29-2)21(31-4)19(8-13)30-3/h5-8,10,14H,9,11-12H2,1-4H3,(H,24,27). The molecule has 0 bridgehead atoms. The Morgan fingerprint density at radius 2 is 1.68 bits per heavy atom. The maximum Gasteiger partial charge on any atom is 0.227 e. The molecule has 0 saturated carbocycles. The molecule has 1 unspecified atom stereocenters. The van der Waals surface area contributed by atoms with E-state index in [2.05, 4.69) is 5.32 Å². The minimum absolute atomic E-state index is 0.108. The monoisotopic (exact) mass is 448 g/mol. The SMILES string of the molecule is COc1ccc(Cl)cc1N1CC(C(=O)NCc2cc(OC)c(OC)c(OC)c2)CC1=O. The van der Waals surface area contributed by atoms with Crippen molar-refractivity contribution in [2.45, 2.75) is 13.0 Å². The van der Waals surface area contributed by atoms with Crippen LogP contribution >= 0.6 is 11.6 Å². The van der Waals surface area contributed by atoms with Gasteiger partial charge in [-0.2, -0.15) is 0 Å². The van der Waals surface area contributed by atoms with Crippen LogP contribution in [-0.4, -0.2) is 46.8 Å². The van der Waals surface area contributed by atoms with Crippen LogP contribution in [0.1, 0.15) is 12.0 Å². The molecule has 3 rings (SSSR count). The van der Waals surface area contributed by atoms with Crippen LogP contribution in [0.4, 0.5) is 5.69 Å². The summed E-state index contributed by atoms with van der Waals surface area (Å²) in [6.07, 6.45) is 0.108. The van der Waals surface area contributed by atoms with Gasteiger partial charge < -0.3 is 29.2 Å². The first-order valence-electron chi connectivity index (χ1n) is 9.62. The lowest BCUT2D eigenvalue weighted by Gasteiger charge is -2.20. The highest BCUT2D eigenvalue weighted by Gasteiger charge is 2.36. The second-order valence-electron chi connectivity index (χ2n) is 6.97. The van der Waals surface area contributed by atoms with Gasteiger partial charge in [-0.3, -0.25) is 9.59 Å². The predicted molar refractivity (Wildman–Crippen MR) is 116 cm³/mol. The highest BCUT2D eigenvalue weighted by Crippen LogP contribution is 2.38. The molecule has 1 N–H and O–H groups in total. The van der Waals surface area contributed by atoms with Crippen LogP contribution < -0.4 is 29.2 Å². The van der Waals surface area contributed by atoms with E-state index in [4.69, 9.17) is 30.5 Å². The molecular formula is C22H25ClN2O6. The molecule has 0 spiro atoms. The Balaban J connectivity index is 1.70. The minimum Gasteiger partial charge on any atom is -0.495 e. The zero-order chi connectivity index (χ0) is 22.5. The highest BCUT2D eigenvalue weighted by molar-refractivity contribution is 6.31. The Bertz CT molecular complexity index is 955. The summed E-state index contributed by atoms with van der Waals surface area (Å²) < 4.78 is 21.3. The fraction of sp³-hybridized carbons (Fsp3) is 0.364. The quantitative estimate of drug-likeness (QED) is 0.668. The average molecular weight is 449 g/mol. The van der Waals surface area contributed by atoms with Gasteiger partial charge in [-0.25, -0.2) is 0 Å². The Morgan fingerprint density at radius 1 is 1.03 bits per heavy atom. The number of benzene rings is 2. The molecule has 8 nitrogen and oxygen atoms in total. The van der Waals surface area contributed by atoms with Crippen molar-refractivity contribution in [1.82, 2.24) is 5.32 Å². The van der Waals surface area contributed by atoms with E-state index in [1.807, 2.05) is 0 Å². The number of anilines is 1. The van der Waals surface area contributed by atoms with Gasteiger partial charge in [0.1, 0.15) is 5.75 Å². The van der Waals surface area contributed by atoms with E-state index in [1.54, 1.807) is 30.3 Å².